The minimum absolute atomic E-state index is 0.184. The molecule has 0 aromatic heterocycles. The molecule has 0 saturated heterocycles. The Bertz CT molecular complexity index is 1120. The van der Waals surface area contributed by atoms with E-state index in [1.165, 1.54) is 0 Å². The predicted molar refractivity (Wildman–Crippen MR) is 129 cm³/mol. The highest BCUT2D eigenvalue weighted by Gasteiger charge is 2.24. The first-order chi connectivity index (χ1) is 15.3. The molecular formula is C26H26ClN3O2. The van der Waals surface area contributed by atoms with Gasteiger partial charge in [-0.25, -0.2) is 0 Å². The van der Waals surface area contributed by atoms with E-state index in [-0.39, 0.29) is 12.5 Å². The van der Waals surface area contributed by atoms with Gasteiger partial charge < -0.3 is 16.0 Å². The van der Waals surface area contributed by atoms with Crippen molar-refractivity contribution in [2.24, 2.45) is 5.73 Å². The van der Waals surface area contributed by atoms with Crippen molar-refractivity contribution in [1.29, 1.82) is 0 Å². The van der Waals surface area contributed by atoms with Gasteiger partial charge in [-0.1, -0.05) is 72.3 Å². The Balaban J connectivity index is 1.63. The summed E-state index contributed by atoms with van der Waals surface area (Å²) >= 11 is 5.94. The van der Waals surface area contributed by atoms with Gasteiger partial charge in [0.1, 0.15) is 6.04 Å². The molecule has 0 radical (unpaired) electrons. The number of halogens is 1. The monoisotopic (exact) mass is 447 g/mol. The Kier molecular flexibility index (Phi) is 7.33. The summed E-state index contributed by atoms with van der Waals surface area (Å²) in [7, 11) is 1.74. The van der Waals surface area contributed by atoms with Crippen molar-refractivity contribution < 1.29 is 9.59 Å². The Morgan fingerprint density at radius 3 is 2.19 bits per heavy atom. The van der Waals surface area contributed by atoms with E-state index < -0.39 is 11.9 Å². The fourth-order valence-corrected chi connectivity index (χ4v) is 3.59. The van der Waals surface area contributed by atoms with Gasteiger partial charge in [-0.15, -0.1) is 0 Å². The van der Waals surface area contributed by atoms with E-state index in [0.717, 1.165) is 22.3 Å². The molecule has 164 valence electrons. The van der Waals surface area contributed by atoms with Crippen LogP contribution in [0.3, 0.4) is 0 Å². The smallest absolute Gasteiger partial charge is 0.251 e. The molecule has 32 heavy (non-hydrogen) atoms. The second-order valence-corrected chi connectivity index (χ2v) is 8.10. The lowest BCUT2D eigenvalue weighted by molar-refractivity contribution is -0.122. The van der Waals surface area contributed by atoms with E-state index in [4.69, 9.17) is 17.3 Å². The largest absolute Gasteiger partial charge is 0.368 e. The van der Waals surface area contributed by atoms with Crippen molar-refractivity contribution in [3.8, 4) is 11.1 Å². The molecule has 1 unspecified atom stereocenters. The van der Waals surface area contributed by atoms with E-state index in [1.54, 1.807) is 24.1 Å². The van der Waals surface area contributed by atoms with Crippen LogP contribution in [-0.4, -0.2) is 30.3 Å². The van der Waals surface area contributed by atoms with E-state index in [2.05, 4.69) is 11.9 Å². The first-order valence-corrected chi connectivity index (χ1v) is 10.5. The van der Waals surface area contributed by atoms with Gasteiger partial charge in [0.25, 0.3) is 5.91 Å². The third-order valence-corrected chi connectivity index (χ3v) is 5.54. The lowest BCUT2D eigenvalue weighted by Crippen LogP contribution is -2.38. The normalized spacial score (nSPS) is 11.5. The minimum Gasteiger partial charge on any atom is -0.368 e. The van der Waals surface area contributed by atoms with Crippen LogP contribution in [0.2, 0.25) is 5.02 Å². The first kappa shape index (κ1) is 23.1. The topological polar surface area (TPSA) is 75.4 Å². The number of nitrogens with zero attached hydrogens (tertiary/aromatic N) is 1. The van der Waals surface area contributed by atoms with Crippen molar-refractivity contribution in [3.63, 3.8) is 0 Å². The second-order valence-electron chi connectivity index (χ2n) is 7.66. The number of hydrogen-bond acceptors (Lipinski definition) is 3. The zero-order valence-corrected chi connectivity index (χ0v) is 18.9. The standard InChI is InChI=1S/C26H26ClN3O2/c1-17-5-4-6-22(15-17)24(25(28)31)30(3)18(2)16-29-26(32)21-9-7-19(8-10-21)20-11-13-23(27)14-12-20/h4-15,24H,2,16H2,1,3H3,(H2,28,31)(H,29,32). The predicted octanol–water partition coefficient (Wildman–Crippen LogP) is 4.72. The summed E-state index contributed by atoms with van der Waals surface area (Å²) in [5.74, 6) is -0.711. The van der Waals surface area contributed by atoms with Gasteiger partial charge in [0.2, 0.25) is 5.91 Å². The van der Waals surface area contributed by atoms with Crippen LogP contribution < -0.4 is 11.1 Å². The van der Waals surface area contributed by atoms with E-state index >= 15 is 0 Å². The Hall–Kier alpha value is -3.57. The molecule has 3 N–H and O–H groups in total. The SMILES string of the molecule is C=C(CNC(=O)c1ccc(-c2ccc(Cl)cc2)cc1)N(C)C(C(N)=O)c1cccc(C)c1. The summed E-state index contributed by atoms with van der Waals surface area (Å²) in [4.78, 5) is 26.4. The molecule has 2 amide bonds. The number of likely N-dealkylation sites (N-methyl/N-ethyl adjacent to an activating group) is 1. The molecule has 0 saturated carbocycles. The number of hydrogen-bond donors (Lipinski definition) is 2. The van der Waals surface area contributed by atoms with Crippen LogP contribution in [0, 0.1) is 6.92 Å². The lowest BCUT2D eigenvalue weighted by Gasteiger charge is -2.30. The molecule has 3 aromatic rings. The van der Waals surface area contributed by atoms with Crippen molar-refractivity contribution in [2.45, 2.75) is 13.0 Å². The minimum atomic E-state index is -0.669. The van der Waals surface area contributed by atoms with E-state index in [9.17, 15) is 9.59 Å². The molecule has 0 bridgehead atoms. The second kappa shape index (κ2) is 10.2. The van der Waals surface area contributed by atoms with Crippen LogP contribution in [0.15, 0.2) is 85.1 Å². The van der Waals surface area contributed by atoms with Crippen LogP contribution >= 0.6 is 11.6 Å². The van der Waals surface area contributed by atoms with Crippen LogP contribution in [0.1, 0.15) is 27.5 Å². The van der Waals surface area contributed by atoms with Crippen LogP contribution in [0.25, 0.3) is 11.1 Å². The molecule has 0 fully saturated rings. The van der Waals surface area contributed by atoms with Crippen molar-refractivity contribution >= 4 is 23.4 Å². The number of carbonyl (C=O) groups excluding carboxylic acids is 2. The molecule has 6 heteroatoms. The average Bonchev–Trinajstić information content (AvgIpc) is 2.77. The van der Waals surface area contributed by atoms with Gasteiger partial charge in [0, 0.05) is 23.3 Å². The maximum atomic E-state index is 12.6. The Morgan fingerprint density at radius 1 is 1.03 bits per heavy atom. The summed E-state index contributed by atoms with van der Waals surface area (Å²) < 4.78 is 0. The van der Waals surface area contributed by atoms with Gasteiger partial charge in [0.05, 0.1) is 6.54 Å². The molecule has 3 rings (SSSR count). The van der Waals surface area contributed by atoms with Crippen molar-refractivity contribution in [2.75, 3.05) is 13.6 Å². The van der Waals surface area contributed by atoms with Crippen LogP contribution in [-0.2, 0) is 4.79 Å². The number of primary amides is 1. The Labute approximate surface area is 193 Å². The number of nitrogens with one attached hydrogen (secondary N) is 1. The number of amides is 2. The first-order valence-electron chi connectivity index (χ1n) is 10.2. The molecule has 0 aliphatic rings. The summed E-state index contributed by atoms with van der Waals surface area (Å²) in [6, 6.07) is 21.8. The molecule has 0 heterocycles. The van der Waals surface area contributed by atoms with Crippen LogP contribution in [0.5, 0.6) is 0 Å². The summed E-state index contributed by atoms with van der Waals surface area (Å²) in [5.41, 5.74) is 10.6. The van der Waals surface area contributed by atoms with Crippen LogP contribution in [0.4, 0.5) is 0 Å². The quantitative estimate of drug-likeness (QED) is 0.524. The van der Waals surface area contributed by atoms with Crippen molar-refractivity contribution in [3.05, 3.63) is 107 Å². The summed E-state index contributed by atoms with van der Waals surface area (Å²) in [6.45, 7) is 6.16. The highest BCUT2D eigenvalue weighted by Crippen LogP contribution is 2.24. The van der Waals surface area contributed by atoms with E-state index in [0.29, 0.717) is 16.3 Å². The number of rotatable bonds is 8. The molecule has 3 aromatic carbocycles. The maximum Gasteiger partial charge on any atom is 0.251 e. The third-order valence-electron chi connectivity index (χ3n) is 5.29. The molecule has 0 spiro atoms. The number of nitrogens with two attached hydrogens (primary N) is 1. The van der Waals surface area contributed by atoms with E-state index in [1.807, 2.05) is 67.6 Å². The molecule has 1 atom stereocenters. The lowest BCUT2D eigenvalue weighted by atomic mass is 10.0. The maximum absolute atomic E-state index is 12.6. The zero-order valence-electron chi connectivity index (χ0n) is 18.1. The number of aryl methyl sites for hydroxylation is 1. The fourth-order valence-electron chi connectivity index (χ4n) is 3.47. The van der Waals surface area contributed by atoms with Gasteiger partial charge in [0.15, 0.2) is 0 Å². The summed E-state index contributed by atoms with van der Waals surface area (Å²) in [6.07, 6.45) is 0. The number of benzene rings is 3. The zero-order chi connectivity index (χ0) is 23.3. The summed E-state index contributed by atoms with van der Waals surface area (Å²) in [5, 5.41) is 3.53. The fraction of sp³-hybridized carbons (Fsp3) is 0.154. The molecular weight excluding hydrogens is 422 g/mol. The van der Waals surface area contributed by atoms with Gasteiger partial charge in [-0.2, -0.15) is 0 Å². The van der Waals surface area contributed by atoms with Gasteiger partial charge in [-0.3, -0.25) is 9.59 Å². The third kappa shape index (κ3) is 5.56. The highest BCUT2D eigenvalue weighted by molar-refractivity contribution is 6.30. The van der Waals surface area contributed by atoms with Gasteiger partial charge in [-0.05, 0) is 47.9 Å². The average molecular weight is 448 g/mol. The molecule has 0 aliphatic carbocycles. The Morgan fingerprint density at radius 2 is 1.62 bits per heavy atom. The number of carbonyl (C=O) groups is 2. The highest BCUT2D eigenvalue weighted by atomic mass is 35.5. The van der Waals surface area contributed by atoms with Gasteiger partial charge >= 0.3 is 0 Å². The molecule has 5 nitrogen and oxygen atoms in total. The molecule has 0 aliphatic heterocycles. The van der Waals surface area contributed by atoms with Crippen molar-refractivity contribution in [1.82, 2.24) is 10.2 Å².